The lowest BCUT2D eigenvalue weighted by Crippen LogP contribution is -2.18. The zero-order valence-corrected chi connectivity index (χ0v) is 15.3. The van der Waals surface area contributed by atoms with E-state index in [1.165, 1.54) is 5.56 Å². The third-order valence-corrected chi connectivity index (χ3v) is 4.93. The second-order valence-electron chi connectivity index (χ2n) is 6.78. The van der Waals surface area contributed by atoms with Crippen molar-refractivity contribution in [2.75, 3.05) is 20.3 Å². The van der Waals surface area contributed by atoms with Crippen LogP contribution in [0.25, 0.3) is 17.1 Å². The number of aryl methyl sites for hydroxylation is 1. The second-order valence-corrected chi connectivity index (χ2v) is 6.78. The fourth-order valence-corrected chi connectivity index (χ4v) is 3.64. The average Bonchev–Trinajstić information content (AvgIpc) is 3.25. The van der Waals surface area contributed by atoms with Gasteiger partial charge in [0.2, 0.25) is 5.90 Å². The Morgan fingerprint density at radius 2 is 2.19 bits per heavy atom. The number of nitrogens with zero attached hydrogens (tertiary/aromatic N) is 6. The lowest BCUT2D eigenvalue weighted by Gasteiger charge is -2.14. The predicted octanol–water partition coefficient (Wildman–Crippen LogP) is 2.11. The van der Waals surface area contributed by atoms with Gasteiger partial charge in [0.05, 0.1) is 24.5 Å². The van der Waals surface area contributed by atoms with E-state index in [1.807, 2.05) is 6.33 Å². The largest absolute Gasteiger partial charge is 0.476 e. The molecule has 5 rings (SSSR count). The van der Waals surface area contributed by atoms with Crippen molar-refractivity contribution in [3.63, 3.8) is 0 Å². The first-order valence-electron chi connectivity index (χ1n) is 9.02. The molecule has 0 atom stereocenters. The minimum atomic E-state index is 0.398. The molecule has 0 spiro atoms. The van der Waals surface area contributed by atoms with Crippen LogP contribution in [0.1, 0.15) is 29.2 Å². The molecule has 0 amide bonds. The summed E-state index contributed by atoms with van der Waals surface area (Å²) in [4.78, 5) is 9.18. The Balaban J connectivity index is 1.75. The van der Waals surface area contributed by atoms with E-state index in [4.69, 9.17) is 9.47 Å². The second kappa shape index (κ2) is 6.31. The van der Waals surface area contributed by atoms with Crippen molar-refractivity contribution in [1.29, 1.82) is 0 Å². The molecule has 0 saturated heterocycles. The van der Waals surface area contributed by atoms with Crippen molar-refractivity contribution in [3.05, 3.63) is 47.3 Å². The zero-order chi connectivity index (χ0) is 18.4. The van der Waals surface area contributed by atoms with Crippen LogP contribution < -0.4 is 0 Å². The van der Waals surface area contributed by atoms with Crippen LogP contribution in [-0.4, -0.2) is 50.5 Å². The zero-order valence-electron chi connectivity index (χ0n) is 15.3. The van der Waals surface area contributed by atoms with Gasteiger partial charge in [0, 0.05) is 25.6 Å². The summed E-state index contributed by atoms with van der Waals surface area (Å²) in [5.41, 5.74) is 5.02. The van der Waals surface area contributed by atoms with Crippen molar-refractivity contribution in [2.45, 2.75) is 26.5 Å². The molecule has 0 unspecified atom stereocenters. The molecule has 2 aliphatic rings. The number of fused-ring (bicyclic) bond motifs is 5. The van der Waals surface area contributed by atoms with Gasteiger partial charge in [-0.1, -0.05) is 11.6 Å². The third-order valence-electron chi connectivity index (χ3n) is 4.93. The third kappa shape index (κ3) is 2.56. The highest BCUT2D eigenvalue weighted by molar-refractivity contribution is 5.94. The van der Waals surface area contributed by atoms with Crippen molar-refractivity contribution < 1.29 is 9.47 Å². The first-order chi connectivity index (χ1) is 13.3. The maximum atomic E-state index is 5.79. The molecule has 138 valence electrons. The molecule has 2 aromatic heterocycles. The molecule has 8 nitrogen and oxygen atoms in total. The summed E-state index contributed by atoms with van der Waals surface area (Å²) in [6.45, 7) is 4.49. The molecular weight excluding hydrogens is 344 g/mol. The van der Waals surface area contributed by atoms with E-state index < -0.39 is 0 Å². The average molecular weight is 364 g/mol. The van der Waals surface area contributed by atoms with Gasteiger partial charge >= 0.3 is 0 Å². The van der Waals surface area contributed by atoms with Gasteiger partial charge in [0.15, 0.2) is 11.6 Å². The molecule has 0 radical (unpaired) electrons. The Kier molecular flexibility index (Phi) is 3.78. The maximum absolute atomic E-state index is 5.79. The van der Waals surface area contributed by atoms with E-state index >= 15 is 0 Å². The van der Waals surface area contributed by atoms with Gasteiger partial charge in [-0.15, -0.1) is 10.2 Å². The van der Waals surface area contributed by atoms with Crippen LogP contribution in [0, 0.1) is 6.92 Å². The molecule has 0 saturated carbocycles. The van der Waals surface area contributed by atoms with Gasteiger partial charge in [-0.05, 0) is 19.1 Å². The van der Waals surface area contributed by atoms with Crippen LogP contribution in [0.2, 0.25) is 0 Å². The Morgan fingerprint density at radius 1 is 1.26 bits per heavy atom. The molecule has 0 aliphatic carbocycles. The molecule has 4 heterocycles. The minimum Gasteiger partial charge on any atom is -0.476 e. The fourth-order valence-electron chi connectivity index (χ4n) is 3.64. The van der Waals surface area contributed by atoms with E-state index in [1.54, 1.807) is 7.11 Å². The molecule has 27 heavy (non-hydrogen) atoms. The van der Waals surface area contributed by atoms with Gasteiger partial charge in [0.25, 0.3) is 0 Å². The standard InChI is InChI=1S/C19H20N6O2/c1-12-4-5-14-13(8-12)18-23-22-16(10-26-2)24(18)9-15-17(21-11-25(14)15)19-20-6-3-7-27-19/h4-5,8,11H,3,6-7,9-10H2,1-2H3. The van der Waals surface area contributed by atoms with E-state index in [2.05, 4.69) is 54.4 Å². The summed E-state index contributed by atoms with van der Waals surface area (Å²) in [5, 5.41) is 8.81. The number of ether oxygens (including phenoxy) is 2. The van der Waals surface area contributed by atoms with Crippen molar-refractivity contribution >= 4 is 5.90 Å². The highest BCUT2D eigenvalue weighted by Gasteiger charge is 2.28. The van der Waals surface area contributed by atoms with Crippen LogP contribution in [0.5, 0.6) is 0 Å². The number of aliphatic imine (C=N–C) groups is 1. The first-order valence-corrected chi connectivity index (χ1v) is 9.02. The predicted molar refractivity (Wildman–Crippen MR) is 99.1 cm³/mol. The van der Waals surface area contributed by atoms with E-state index in [0.29, 0.717) is 25.7 Å². The van der Waals surface area contributed by atoms with E-state index in [0.717, 1.165) is 47.3 Å². The van der Waals surface area contributed by atoms with Crippen LogP contribution in [0.15, 0.2) is 29.5 Å². The molecule has 2 aliphatic heterocycles. The first kappa shape index (κ1) is 16.2. The Morgan fingerprint density at radius 3 is 3.00 bits per heavy atom. The summed E-state index contributed by atoms with van der Waals surface area (Å²) in [6.07, 6.45) is 2.78. The maximum Gasteiger partial charge on any atom is 0.237 e. The van der Waals surface area contributed by atoms with E-state index in [-0.39, 0.29) is 0 Å². The summed E-state index contributed by atoms with van der Waals surface area (Å²) >= 11 is 0. The van der Waals surface area contributed by atoms with Crippen LogP contribution in [0.4, 0.5) is 0 Å². The quantitative estimate of drug-likeness (QED) is 0.556. The summed E-state index contributed by atoms with van der Waals surface area (Å²) < 4.78 is 15.3. The van der Waals surface area contributed by atoms with Crippen molar-refractivity contribution in [1.82, 2.24) is 24.3 Å². The number of hydrogen-bond donors (Lipinski definition) is 0. The summed E-state index contributed by atoms with van der Waals surface area (Å²) in [5.74, 6) is 2.24. The number of methoxy groups -OCH3 is 1. The summed E-state index contributed by atoms with van der Waals surface area (Å²) in [6, 6.07) is 6.33. The highest BCUT2D eigenvalue weighted by Crippen LogP contribution is 2.33. The van der Waals surface area contributed by atoms with E-state index in [9.17, 15) is 0 Å². The smallest absolute Gasteiger partial charge is 0.237 e. The number of imidazole rings is 1. The number of rotatable bonds is 3. The lowest BCUT2D eigenvalue weighted by molar-refractivity contribution is 0.174. The molecule has 1 aromatic carbocycles. The van der Waals surface area contributed by atoms with Gasteiger partial charge in [-0.3, -0.25) is 4.57 Å². The lowest BCUT2D eigenvalue weighted by atomic mass is 10.1. The summed E-state index contributed by atoms with van der Waals surface area (Å²) in [7, 11) is 1.66. The Labute approximate surface area is 156 Å². The number of hydrogen-bond acceptors (Lipinski definition) is 6. The van der Waals surface area contributed by atoms with Gasteiger partial charge in [-0.25, -0.2) is 9.98 Å². The Bertz CT molecular complexity index is 1050. The SMILES string of the molecule is COCc1nnc2n1Cc1c(C3=NCCCO3)ncn1-c1ccc(C)cc1-2. The minimum absolute atomic E-state index is 0.398. The number of benzene rings is 1. The van der Waals surface area contributed by atoms with Crippen LogP contribution in [-0.2, 0) is 22.6 Å². The van der Waals surface area contributed by atoms with Crippen molar-refractivity contribution in [2.24, 2.45) is 4.99 Å². The molecule has 3 aromatic rings. The molecule has 0 N–H and O–H groups in total. The number of aromatic nitrogens is 5. The van der Waals surface area contributed by atoms with Gasteiger partial charge < -0.3 is 14.0 Å². The monoisotopic (exact) mass is 364 g/mol. The molecule has 8 heteroatoms. The topological polar surface area (TPSA) is 79.3 Å². The van der Waals surface area contributed by atoms with Gasteiger partial charge in [0.1, 0.15) is 18.6 Å². The Hall–Kier alpha value is -3.00. The van der Waals surface area contributed by atoms with Crippen LogP contribution >= 0.6 is 0 Å². The van der Waals surface area contributed by atoms with Crippen molar-refractivity contribution in [3.8, 4) is 17.1 Å². The molecule has 0 fully saturated rings. The molecule has 0 bridgehead atoms. The van der Waals surface area contributed by atoms with Crippen LogP contribution in [0.3, 0.4) is 0 Å². The highest BCUT2D eigenvalue weighted by atomic mass is 16.5. The molecular formula is C19H20N6O2. The normalized spacial score (nSPS) is 15.3. The fraction of sp³-hybridized carbons (Fsp3) is 0.368. The van der Waals surface area contributed by atoms with Gasteiger partial charge in [-0.2, -0.15) is 0 Å².